The molecule has 2 aliphatic heterocycles. The Bertz CT molecular complexity index is 923. The van der Waals surface area contributed by atoms with Crippen LogP contribution < -0.4 is 20.1 Å². The van der Waals surface area contributed by atoms with E-state index in [4.69, 9.17) is 9.47 Å². The number of rotatable bonds is 6. The van der Waals surface area contributed by atoms with E-state index < -0.39 is 10.0 Å². The van der Waals surface area contributed by atoms with Crippen LogP contribution in [0.25, 0.3) is 0 Å². The van der Waals surface area contributed by atoms with Crippen LogP contribution in [0.5, 0.6) is 0 Å². The number of ether oxygens (including phenoxy) is 2. The third kappa shape index (κ3) is 4.95. The van der Waals surface area contributed by atoms with Gasteiger partial charge in [0, 0.05) is 26.2 Å². The Labute approximate surface area is 175 Å². The second-order valence-electron chi connectivity index (χ2n) is 7.00. The third-order valence-corrected chi connectivity index (χ3v) is 6.09. The second-order valence-corrected chi connectivity index (χ2v) is 8.68. The molecule has 2 fully saturated rings. The van der Waals surface area contributed by atoms with Crippen LogP contribution in [0.2, 0.25) is 0 Å². The molecule has 1 aromatic heterocycles. The number of hydrogen-bond acceptors (Lipinski definition) is 10. The Hall–Kier alpha value is -2.54. The van der Waals surface area contributed by atoms with E-state index >= 15 is 0 Å². The molecule has 1 aromatic carbocycles. The number of sulfonamides is 1. The number of anilines is 3. The first-order chi connectivity index (χ1) is 14.5. The van der Waals surface area contributed by atoms with Crippen LogP contribution in [0, 0.1) is 6.92 Å². The van der Waals surface area contributed by atoms with Crippen LogP contribution >= 0.6 is 0 Å². The minimum absolute atomic E-state index is 0.128. The topological polar surface area (TPSA) is 122 Å². The monoisotopic (exact) mass is 435 g/mol. The van der Waals surface area contributed by atoms with E-state index in [2.05, 4.69) is 25.2 Å². The molecule has 4 rings (SSSR count). The molecule has 0 saturated carbocycles. The lowest BCUT2D eigenvalue weighted by molar-refractivity contribution is 0.121. The number of nitrogens with one attached hydrogen (secondary N) is 2. The van der Waals surface area contributed by atoms with Crippen molar-refractivity contribution in [2.75, 3.05) is 67.8 Å². The van der Waals surface area contributed by atoms with Gasteiger partial charge < -0.3 is 19.3 Å². The molecule has 0 spiro atoms. The molecule has 0 radical (unpaired) electrons. The van der Waals surface area contributed by atoms with Gasteiger partial charge in [-0.05, 0) is 19.1 Å². The summed E-state index contributed by atoms with van der Waals surface area (Å²) in [5.41, 5.74) is 3.62. The zero-order chi connectivity index (χ0) is 21.0. The van der Waals surface area contributed by atoms with Crippen molar-refractivity contribution in [3.63, 3.8) is 0 Å². The standard InChI is InChI=1S/C18H25N7O4S/c1-14-2-4-15(5-3-14)30(26,27)23-22-16-19-17(24-6-10-28-11-7-24)21-18(20-16)25-8-12-29-13-9-25/h2-5,23H,6-13H2,1H3,(H,19,20,21,22). The zero-order valence-electron chi connectivity index (χ0n) is 16.7. The predicted octanol–water partition coefficient (Wildman–Crippen LogP) is 0.159. The van der Waals surface area contributed by atoms with Gasteiger partial charge in [-0.3, -0.25) is 5.43 Å². The molecule has 2 aliphatic rings. The molecular formula is C18H25N7O4S. The quantitative estimate of drug-likeness (QED) is 0.607. The van der Waals surface area contributed by atoms with Crippen LogP contribution in [0.1, 0.15) is 5.56 Å². The van der Waals surface area contributed by atoms with E-state index in [9.17, 15) is 8.42 Å². The van der Waals surface area contributed by atoms with Gasteiger partial charge in [0.05, 0.1) is 31.3 Å². The zero-order valence-corrected chi connectivity index (χ0v) is 17.6. The molecule has 3 heterocycles. The molecule has 0 bridgehead atoms. The van der Waals surface area contributed by atoms with Crippen molar-refractivity contribution in [3.8, 4) is 0 Å². The summed E-state index contributed by atoms with van der Waals surface area (Å²) in [6.45, 7) is 6.85. The van der Waals surface area contributed by atoms with Gasteiger partial charge in [-0.25, -0.2) is 8.42 Å². The van der Waals surface area contributed by atoms with Crippen molar-refractivity contribution >= 4 is 27.9 Å². The Morgan fingerprint density at radius 1 is 0.833 bits per heavy atom. The number of benzene rings is 1. The summed E-state index contributed by atoms with van der Waals surface area (Å²) in [6, 6.07) is 6.57. The molecule has 0 amide bonds. The highest BCUT2D eigenvalue weighted by Gasteiger charge is 2.21. The Kier molecular flexibility index (Phi) is 6.27. The number of aryl methyl sites for hydroxylation is 1. The van der Waals surface area contributed by atoms with Gasteiger partial charge in [-0.15, -0.1) is 4.83 Å². The van der Waals surface area contributed by atoms with Crippen LogP contribution in [0.3, 0.4) is 0 Å². The van der Waals surface area contributed by atoms with E-state index in [-0.39, 0.29) is 10.8 Å². The highest BCUT2D eigenvalue weighted by Crippen LogP contribution is 2.19. The van der Waals surface area contributed by atoms with Crippen molar-refractivity contribution in [2.24, 2.45) is 0 Å². The third-order valence-electron chi connectivity index (χ3n) is 4.83. The van der Waals surface area contributed by atoms with Crippen LogP contribution in [-0.2, 0) is 19.5 Å². The fourth-order valence-corrected chi connectivity index (χ4v) is 3.95. The minimum atomic E-state index is -3.78. The van der Waals surface area contributed by atoms with Gasteiger partial charge in [-0.2, -0.15) is 15.0 Å². The highest BCUT2D eigenvalue weighted by atomic mass is 32.2. The van der Waals surface area contributed by atoms with Crippen molar-refractivity contribution in [1.29, 1.82) is 0 Å². The summed E-state index contributed by atoms with van der Waals surface area (Å²) in [4.78, 5) is 19.9. The smallest absolute Gasteiger partial charge is 0.257 e. The predicted molar refractivity (Wildman–Crippen MR) is 111 cm³/mol. The second kappa shape index (κ2) is 9.08. The highest BCUT2D eigenvalue weighted by molar-refractivity contribution is 7.89. The molecule has 162 valence electrons. The van der Waals surface area contributed by atoms with Crippen LogP contribution in [0.4, 0.5) is 17.8 Å². The van der Waals surface area contributed by atoms with Gasteiger partial charge in [-0.1, -0.05) is 17.7 Å². The van der Waals surface area contributed by atoms with Gasteiger partial charge in [0.25, 0.3) is 10.0 Å². The molecule has 0 aliphatic carbocycles. The molecule has 2 saturated heterocycles. The number of nitrogens with zero attached hydrogens (tertiary/aromatic N) is 5. The molecule has 11 nitrogen and oxygen atoms in total. The van der Waals surface area contributed by atoms with Crippen molar-refractivity contribution in [2.45, 2.75) is 11.8 Å². The average molecular weight is 436 g/mol. The van der Waals surface area contributed by atoms with E-state index in [0.717, 1.165) is 5.56 Å². The van der Waals surface area contributed by atoms with E-state index in [1.807, 2.05) is 16.7 Å². The molecule has 2 N–H and O–H groups in total. The normalized spacial score (nSPS) is 17.8. The number of aromatic nitrogens is 3. The summed E-state index contributed by atoms with van der Waals surface area (Å²) in [7, 11) is -3.78. The van der Waals surface area contributed by atoms with Crippen molar-refractivity contribution in [3.05, 3.63) is 29.8 Å². The van der Waals surface area contributed by atoms with E-state index in [1.165, 1.54) is 0 Å². The Morgan fingerprint density at radius 2 is 1.33 bits per heavy atom. The maximum Gasteiger partial charge on any atom is 0.257 e. The molecule has 12 heteroatoms. The fraction of sp³-hybridized carbons (Fsp3) is 0.500. The number of hydrazine groups is 1. The summed E-state index contributed by atoms with van der Waals surface area (Å²) >= 11 is 0. The lowest BCUT2D eigenvalue weighted by Gasteiger charge is -2.30. The lowest BCUT2D eigenvalue weighted by atomic mass is 10.2. The van der Waals surface area contributed by atoms with Crippen molar-refractivity contribution in [1.82, 2.24) is 19.8 Å². The fourth-order valence-electron chi connectivity index (χ4n) is 3.11. The van der Waals surface area contributed by atoms with Gasteiger partial charge in [0.1, 0.15) is 0 Å². The lowest BCUT2D eigenvalue weighted by Crippen LogP contribution is -2.40. The van der Waals surface area contributed by atoms with Crippen LogP contribution in [-0.4, -0.2) is 76.0 Å². The van der Waals surface area contributed by atoms with E-state index in [0.29, 0.717) is 64.5 Å². The molecule has 30 heavy (non-hydrogen) atoms. The Balaban J connectivity index is 1.56. The van der Waals surface area contributed by atoms with Gasteiger partial charge in [0.15, 0.2) is 0 Å². The van der Waals surface area contributed by atoms with E-state index in [1.54, 1.807) is 24.3 Å². The summed E-state index contributed by atoms with van der Waals surface area (Å²) in [5, 5.41) is 0. The van der Waals surface area contributed by atoms with Crippen molar-refractivity contribution < 1.29 is 17.9 Å². The molecule has 2 aromatic rings. The largest absolute Gasteiger partial charge is 0.378 e. The molecular weight excluding hydrogens is 410 g/mol. The van der Waals surface area contributed by atoms with Gasteiger partial charge in [0.2, 0.25) is 17.8 Å². The maximum atomic E-state index is 12.6. The number of hydrogen-bond donors (Lipinski definition) is 2. The minimum Gasteiger partial charge on any atom is -0.378 e. The molecule has 0 unspecified atom stereocenters. The average Bonchev–Trinajstić information content (AvgIpc) is 2.79. The first-order valence-electron chi connectivity index (χ1n) is 9.77. The van der Waals surface area contributed by atoms with Crippen LogP contribution in [0.15, 0.2) is 29.2 Å². The van der Waals surface area contributed by atoms with Gasteiger partial charge >= 0.3 is 0 Å². The first-order valence-corrected chi connectivity index (χ1v) is 11.3. The summed E-state index contributed by atoms with van der Waals surface area (Å²) < 4.78 is 36.0. The maximum absolute atomic E-state index is 12.6. The summed E-state index contributed by atoms with van der Waals surface area (Å²) in [5.74, 6) is 1.09. The number of morpholine rings is 2. The summed E-state index contributed by atoms with van der Waals surface area (Å²) in [6.07, 6.45) is 0. The Morgan fingerprint density at radius 3 is 1.83 bits per heavy atom. The molecule has 0 atom stereocenters. The SMILES string of the molecule is Cc1ccc(S(=O)(=O)NNc2nc(N3CCOCC3)nc(N3CCOCC3)n2)cc1. The first kappa shape index (κ1) is 20.7.